The predicted molar refractivity (Wildman–Crippen MR) is 84.4 cm³/mol. The number of H-pyrrole nitrogens is 1. The van der Waals surface area contributed by atoms with Crippen molar-refractivity contribution in [3.63, 3.8) is 0 Å². The quantitative estimate of drug-likeness (QED) is 0.613. The average molecular weight is 299 g/mol. The van der Waals surface area contributed by atoms with Gasteiger partial charge >= 0.3 is 0 Å². The number of phenols is 1. The largest absolute Gasteiger partial charge is 0.508 e. The van der Waals surface area contributed by atoms with Crippen LogP contribution < -0.4 is 5.32 Å². The summed E-state index contributed by atoms with van der Waals surface area (Å²) in [5.74, 6) is 0.894. The monoisotopic (exact) mass is 299 g/mol. The van der Waals surface area contributed by atoms with Gasteiger partial charge in [-0.2, -0.15) is 0 Å². The highest BCUT2D eigenvalue weighted by Crippen LogP contribution is 2.13. The first-order valence-corrected chi connectivity index (χ1v) is 7.33. The van der Waals surface area contributed by atoms with Crippen LogP contribution >= 0.6 is 0 Å². The van der Waals surface area contributed by atoms with E-state index in [1.165, 1.54) is 17.7 Å². The average Bonchev–Trinajstić information content (AvgIpc) is 2.90. The lowest BCUT2D eigenvalue weighted by atomic mass is 10.1. The minimum absolute atomic E-state index is 0.255. The van der Waals surface area contributed by atoms with Gasteiger partial charge in [-0.25, -0.2) is 9.37 Å². The van der Waals surface area contributed by atoms with Crippen LogP contribution in [0.15, 0.2) is 42.5 Å². The van der Waals surface area contributed by atoms with Crippen molar-refractivity contribution in [2.45, 2.75) is 12.8 Å². The Kier molecular flexibility index (Phi) is 4.34. The zero-order valence-electron chi connectivity index (χ0n) is 12.1. The maximum absolute atomic E-state index is 13.1. The Labute approximate surface area is 128 Å². The third-order valence-electron chi connectivity index (χ3n) is 3.56. The molecule has 3 N–H and O–H groups in total. The van der Waals surface area contributed by atoms with Crippen LogP contribution in [-0.4, -0.2) is 28.2 Å². The number of nitrogens with one attached hydrogen (secondary N) is 2. The van der Waals surface area contributed by atoms with E-state index in [-0.39, 0.29) is 11.6 Å². The van der Waals surface area contributed by atoms with Crippen LogP contribution in [-0.2, 0) is 12.8 Å². The number of benzene rings is 2. The van der Waals surface area contributed by atoms with Crippen molar-refractivity contribution in [3.05, 3.63) is 59.7 Å². The number of phenolic OH excluding ortho intramolecular Hbond substituents is 1. The van der Waals surface area contributed by atoms with Gasteiger partial charge in [0.15, 0.2) is 0 Å². The molecule has 3 rings (SSSR count). The highest BCUT2D eigenvalue weighted by atomic mass is 19.1. The minimum atomic E-state index is -0.255. The highest BCUT2D eigenvalue weighted by Gasteiger charge is 2.03. The van der Waals surface area contributed by atoms with Gasteiger partial charge in [-0.05, 0) is 48.9 Å². The fourth-order valence-electron chi connectivity index (χ4n) is 2.38. The van der Waals surface area contributed by atoms with Gasteiger partial charge in [0, 0.05) is 13.0 Å². The van der Waals surface area contributed by atoms with Crippen molar-refractivity contribution in [2.75, 3.05) is 13.1 Å². The fourth-order valence-corrected chi connectivity index (χ4v) is 2.38. The van der Waals surface area contributed by atoms with Crippen molar-refractivity contribution in [1.29, 1.82) is 0 Å². The van der Waals surface area contributed by atoms with E-state index >= 15 is 0 Å². The summed E-state index contributed by atoms with van der Waals surface area (Å²) >= 11 is 0. The number of fused-ring (bicyclic) bond motifs is 1. The smallest absolute Gasteiger partial charge is 0.125 e. The van der Waals surface area contributed by atoms with Crippen LogP contribution in [0.1, 0.15) is 11.4 Å². The normalized spacial score (nSPS) is 11.1. The van der Waals surface area contributed by atoms with Gasteiger partial charge in [-0.1, -0.05) is 12.1 Å². The molecule has 1 heterocycles. The lowest BCUT2D eigenvalue weighted by molar-refractivity contribution is 0.475. The summed E-state index contributed by atoms with van der Waals surface area (Å²) in [6.45, 7) is 1.67. The van der Waals surface area contributed by atoms with Crippen LogP contribution in [0.3, 0.4) is 0 Å². The Morgan fingerprint density at radius 2 is 1.82 bits per heavy atom. The van der Waals surface area contributed by atoms with Crippen molar-refractivity contribution in [1.82, 2.24) is 15.3 Å². The van der Waals surface area contributed by atoms with Gasteiger partial charge in [0.1, 0.15) is 17.4 Å². The van der Waals surface area contributed by atoms with Crippen LogP contribution in [0.2, 0.25) is 0 Å². The molecule has 4 nitrogen and oxygen atoms in total. The third-order valence-corrected chi connectivity index (χ3v) is 3.56. The lowest BCUT2D eigenvalue weighted by Gasteiger charge is -2.04. The summed E-state index contributed by atoms with van der Waals surface area (Å²) in [5.41, 5.74) is 2.71. The van der Waals surface area contributed by atoms with Crippen molar-refractivity contribution in [3.8, 4) is 5.75 Å². The zero-order chi connectivity index (χ0) is 15.4. The van der Waals surface area contributed by atoms with Gasteiger partial charge in [0.25, 0.3) is 0 Å². The topological polar surface area (TPSA) is 60.9 Å². The molecule has 3 aromatic rings. The zero-order valence-corrected chi connectivity index (χ0v) is 12.1. The molecule has 5 heteroatoms. The van der Waals surface area contributed by atoms with Crippen molar-refractivity contribution in [2.24, 2.45) is 0 Å². The van der Waals surface area contributed by atoms with Crippen molar-refractivity contribution >= 4 is 11.0 Å². The van der Waals surface area contributed by atoms with Crippen LogP contribution in [0.4, 0.5) is 4.39 Å². The summed E-state index contributed by atoms with van der Waals surface area (Å²) in [6, 6.07) is 11.8. The molecule has 0 aliphatic heterocycles. The lowest BCUT2D eigenvalue weighted by Crippen LogP contribution is -2.20. The van der Waals surface area contributed by atoms with Gasteiger partial charge in [0.2, 0.25) is 0 Å². The molecule has 0 amide bonds. The molecule has 1 aromatic heterocycles. The van der Waals surface area contributed by atoms with E-state index in [1.807, 2.05) is 12.1 Å². The second kappa shape index (κ2) is 6.58. The Hall–Kier alpha value is -2.40. The van der Waals surface area contributed by atoms with Crippen LogP contribution in [0.25, 0.3) is 11.0 Å². The molecule has 0 fully saturated rings. The number of aromatic nitrogens is 2. The van der Waals surface area contributed by atoms with E-state index < -0.39 is 0 Å². The second-order valence-electron chi connectivity index (χ2n) is 5.26. The maximum Gasteiger partial charge on any atom is 0.125 e. The summed E-state index contributed by atoms with van der Waals surface area (Å²) in [5, 5.41) is 12.6. The van der Waals surface area contributed by atoms with Gasteiger partial charge in [-0.3, -0.25) is 0 Å². The fraction of sp³-hybridized carbons (Fsp3) is 0.235. The Morgan fingerprint density at radius 1 is 1.05 bits per heavy atom. The molecule has 0 unspecified atom stereocenters. The number of imidazole rings is 1. The predicted octanol–water partition coefficient (Wildman–Crippen LogP) is 2.78. The van der Waals surface area contributed by atoms with Crippen LogP contribution in [0.5, 0.6) is 5.75 Å². The third kappa shape index (κ3) is 3.62. The minimum Gasteiger partial charge on any atom is -0.508 e. The SMILES string of the molecule is Oc1ccc(CCNCCc2nc3ccc(F)cc3[nH]2)cc1. The number of aromatic hydroxyl groups is 1. The van der Waals surface area contributed by atoms with Crippen LogP contribution in [0, 0.1) is 5.82 Å². The molecular weight excluding hydrogens is 281 g/mol. The molecular formula is C17H18FN3O. The molecule has 0 bridgehead atoms. The van der Waals surface area contributed by atoms with E-state index in [1.54, 1.807) is 18.2 Å². The number of aromatic amines is 1. The first kappa shape index (κ1) is 14.5. The van der Waals surface area contributed by atoms with E-state index in [9.17, 15) is 9.50 Å². The van der Waals surface area contributed by atoms with E-state index in [4.69, 9.17) is 0 Å². The second-order valence-corrected chi connectivity index (χ2v) is 5.26. The van der Waals surface area contributed by atoms with E-state index in [2.05, 4.69) is 15.3 Å². The van der Waals surface area contributed by atoms with Gasteiger partial charge in [-0.15, -0.1) is 0 Å². The van der Waals surface area contributed by atoms with Gasteiger partial charge < -0.3 is 15.4 Å². The molecule has 0 aliphatic carbocycles. The van der Waals surface area contributed by atoms with E-state index in [0.29, 0.717) is 0 Å². The number of halogens is 1. The number of hydrogen-bond acceptors (Lipinski definition) is 3. The first-order valence-electron chi connectivity index (χ1n) is 7.33. The maximum atomic E-state index is 13.1. The molecule has 0 spiro atoms. The molecule has 2 aromatic carbocycles. The molecule has 114 valence electrons. The molecule has 22 heavy (non-hydrogen) atoms. The standard InChI is InChI=1S/C17H18FN3O/c18-13-3-6-15-16(11-13)21-17(20-15)8-10-19-9-7-12-1-4-14(22)5-2-12/h1-6,11,19,22H,7-10H2,(H,20,21). The first-order chi connectivity index (χ1) is 10.7. The molecule has 0 radical (unpaired) electrons. The molecule has 0 aliphatic rings. The molecule has 0 saturated heterocycles. The van der Waals surface area contributed by atoms with Gasteiger partial charge in [0.05, 0.1) is 11.0 Å². The molecule has 0 atom stereocenters. The Balaban J connectivity index is 1.45. The summed E-state index contributed by atoms with van der Waals surface area (Å²) in [6.07, 6.45) is 1.68. The number of rotatable bonds is 6. The number of nitrogens with zero attached hydrogens (tertiary/aromatic N) is 1. The van der Waals surface area contributed by atoms with E-state index in [0.717, 1.165) is 42.8 Å². The number of hydrogen-bond donors (Lipinski definition) is 3. The summed E-state index contributed by atoms with van der Waals surface area (Å²) in [7, 11) is 0. The summed E-state index contributed by atoms with van der Waals surface area (Å²) in [4.78, 5) is 7.56. The highest BCUT2D eigenvalue weighted by molar-refractivity contribution is 5.74. The molecule has 0 saturated carbocycles. The summed E-state index contributed by atoms with van der Waals surface area (Å²) < 4.78 is 13.1. The Morgan fingerprint density at radius 3 is 2.64 bits per heavy atom. The van der Waals surface area contributed by atoms with Crippen molar-refractivity contribution < 1.29 is 9.50 Å². The Bertz CT molecular complexity index is 752.